The number of rotatable bonds is 7. The van der Waals surface area contributed by atoms with Gasteiger partial charge in [0.1, 0.15) is 34.3 Å². The van der Waals surface area contributed by atoms with Crippen LogP contribution in [0.2, 0.25) is 0 Å². The first kappa shape index (κ1) is 33.0. The van der Waals surface area contributed by atoms with E-state index in [4.69, 9.17) is 20.9 Å². The van der Waals surface area contributed by atoms with Crippen molar-refractivity contribution in [1.29, 1.82) is 0 Å². The summed E-state index contributed by atoms with van der Waals surface area (Å²) in [6, 6.07) is 5.85. The van der Waals surface area contributed by atoms with Gasteiger partial charge in [0.25, 0.3) is 0 Å². The van der Waals surface area contributed by atoms with Gasteiger partial charge >= 0.3 is 6.01 Å². The summed E-state index contributed by atoms with van der Waals surface area (Å²) in [6.07, 6.45) is 13.1. The zero-order valence-corrected chi connectivity index (χ0v) is 28.5. The van der Waals surface area contributed by atoms with Crippen LogP contribution in [-0.2, 0) is 4.74 Å². The molecule has 1 N–H and O–H groups in total. The zero-order valence-electron chi connectivity index (χ0n) is 28.5. The van der Waals surface area contributed by atoms with Gasteiger partial charge in [0, 0.05) is 60.8 Å². The Labute approximate surface area is 290 Å². The predicted molar refractivity (Wildman–Crippen MR) is 186 cm³/mol. The minimum Gasteiger partial charge on any atom is -0.508 e. The lowest BCUT2D eigenvalue weighted by Crippen LogP contribution is -2.52. The van der Waals surface area contributed by atoms with E-state index >= 15 is 4.39 Å². The number of fused-ring (bicyclic) bond motifs is 3. The van der Waals surface area contributed by atoms with Gasteiger partial charge in [0.2, 0.25) is 0 Å². The molecule has 2 aromatic carbocycles. The number of anilines is 1. The Balaban J connectivity index is 1.19. The Morgan fingerprint density at radius 2 is 1.92 bits per heavy atom. The number of hydrogen-bond acceptors (Lipinski definition) is 8. The number of terminal acetylenes is 1. The van der Waals surface area contributed by atoms with Crippen LogP contribution in [-0.4, -0.2) is 82.7 Å². The summed E-state index contributed by atoms with van der Waals surface area (Å²) in [5, 5.41) is 11.7. The van der Waals surface area contributed by atoms with Crippen molar-refractivity contribution in [3.8, 4) is 35.4 Å². The van der Waals surface area contributed by atoms with Gasteiger partial charge in [-0.15, -0.1) is 6.42 Å². The lowest BCUT2D eigenvalue weighted by atomic mass is 9.75. The van der Waals surface area contributed by atoms with Crippen molar-refractivity contribution in [3.63, 3.8) is 0 Å². The second-order valence-corrected chi connectivity index (χ2v) is 14.8. The molecule has 5 atom stereocenters. The van der Waals surface area contributed by atoms with E-state index in [1.807, 2.05) is 11.8 Å². The van der Waals surface area contributed by atoms with Crippen LogP contribution in [0.25, 0.3) is 32.9 Å². The molecule has 2 aromatic heterocycles. The summed E-state index contributed by atoms with van der Waals surface area (Å²) in [5.74, 6) is 1.47. The summed E-state index contributed by atoms with van der Waals surface area (Å²) in [7, 11) is 0. The number of alkyl halides is 1. The van der Waals surface area contributed by atoms with Crippen molar-refractivity contribution in [2.75, 3.05) is 50.9 Å². The molecule has 50 heavy (non-hydrogen) atoms. The van der Waals surface area contributed by atoms with Crippen LogP contribution < -0.4 is 9.64 Å². The summed E-state index contributed by atoms with van der Waals surface area (Å²) >= 11 is 0. The number of nitrogens with zero attached hydrogens (tertiary/aromatic N) is 5. The van der Waals surface area contributed by atoms with E-state index in [1.54, 1.807) is 6.92 Å². The molecule has 0 radical (unpaired) electrons. The lowest BCUT2D eigenvalue weighted by molar-refractivity contribution is -0.00486. The average molecular weight is 686 g/mol. The monoisotopic (exact) mass is 685 g/mol. The quantitative estimate of drug-likeness (QED) is 0.208. The minimum atomic E-state index is -1.11. The lowest BCUT2D eigenvalue weighted by Gasteiger charge is -2.46. The van der Waals surface area contributed by atoms with Crippen LogP contribution in [0.4, 0.5) is 19.0 Å². The molecule has 0 bridgehead atoms. The Bertz CT molecular complexity index is 2010. The second kappa shape index (κ2) is 12.6. The van der Waals surface area contributed by atoms with Crippen LogP contribution in [0.15, 0.2) is 30.5 Å². The number of aromatic hydroxyl groups is 1. The minimum absolute atomic E-state index is 0.00557. The smallest absolute Gasteiger partial charge is 0.319 e. The highest BCUT2D eigenvalue weighted by atomic mass is 19.1. The average Bonchev–Trinajstić information content (AvgIpc) is 3.44. The Morgan fingerprint density at radius 3 is 2.72 bits per heavy atom. The molecule has 8 rings (SSSR count). The first-order valence-corrected chi connectivity index (χ1v) is 17.8. The highest BCUT2D eigenvalue weighted by Gasteiger charge is 2.61. The zero-order chi connectivity index (χ0) is 34.8. The number of hydrogen-bond donors (Lipinski definition) is 1. The Kier molecular flexibility index (Phi) is 8.30. The molecule has 2 unspecified atom stereocenters. The van der Waals surface area contributed by atoms with Gasteiger partial charge in [-0.25, -0.2) is 13.2 Å². The highest BCUT2D eigenvalue weighted by molar-refractivity contribution is 6.03. The number of phenolic OH excluding ortho intramolecular Hbond substituents is 1. The number of aromatic nitrogens is 3. The molecule has 4 heterocycles. The molecule has 4 fully saturated rings. The molecule has 0 amide bonds. The van der Waals surface area contributed by atoms with Gasteiger partial charge in [-0.05, 0) is 75.1 Å². The van der Waals surface area contributed by atoms with Gasteiger partial charge in [-0.1, -0.05) is 25.3 Å². The standard InChI is InChI=1S/C39H42F3N5O3/c1-4-26-30(40)10-9-24-18-25(48)19-27(32(24)26)34-33(41)35-28(20-43-34)36(46-14-7-16-49-17-15-46)45-37(44-35)50-22-39-11-5-8-31(39)47(13-6-12-39)21-29-23(2)38(29,3)42/h1,9-10,18-20,23,29,31,48H,5-8,11-17,21-22H2,2-3H3/t23-,29?,31-,38?,39-/m1/s1. The van der Waals surface area contributed by atoms with Gasteiger partial charge in [0.15, 0.2) is 5.82 Å². The third-order valence-electron chi connectivity index (χ3n) is 12.1. The summed E-state index contributed by atoms with van der Waals surface area (Å²) in [4.78, 5) is 18.6. The molecule has 2 aliphatic heterocycles. The van der Waals surface area contributed by atoms with Crippen molar-refractivity contribution in [1.82, 2.24) is 19.9 Å². The molecule has 262 valence electrons. The fourth-order valence-corrected chi connectivity index (χ4v) is 9.04. The number of likely N-dealkylation sites (tertiary alicyclic amines) is 1. The van der Waals surface area contributed by atoms with Crippen LogP contribution in [0.1, 0.15) is 57.9 Å². The molecule has 2 aliphatic carbocycles. The van der Waals surface area contributed by atoms with Crippen molar-refractivity contribution in [3.05, 3.63) is 47.7 Å². The third-order valence-corrected chi connectivity index (χ3v) is 12.1. The fraction of sp³-hybridized carbons (Fsp3) is 0.513. The summed E-state index contributed by atoms with van der Waals surface area (Å²) in [5.41, 5.74) is -1.25. The van der Waals surface area contributed by atoms with Crippen LogP contribution in [0.3, 0.4) is 0 Å². The molecule has 4 aromatic rings. The Morgan fingerprint density at radius 1 is 1.10 bits per heavy atom. The number of benzene rings is 2. The van der Waals surface area contributed by atoms with Crippen LogP contribution in [0, 0.1) is 41.2 Å². The maximum Gasteiger partial charge on any atom is 0.319 e. The molecule has 2 saturated heterocycles. The third kappa shape index (κ3) is 5.52. The molecular weight excluding hydrogens is 643 g/mol. The normalized spacial score (nSPS) is 28.4. The molecule has 2 saturated carbocycles. The number of halogens is 3. The second-order valence-electron chi connectivity index (χ2n) is 14.8. The van der Waals surface area contributed by atoms with Crippen molar-refractivity contribution >= 4 is 27.5 Å². The fourth-order valence-electron chi connectivity index (χ4n) is 9.04. The number of ether oxygens (including phenoxy) is 2. The molecule has 8 nitrogen and oxygen atoms in total. The van der Waals surface area contributed by atoms with Crippen molar-refractivity contribution in [2.24, 2.45) is 17.3 Å². The van der Waals surface area contributed by atoms with E-state index in [9.17, 15) is 13.9 Å². The van der Waals surface area contributed by atoms with Gasteiger partial charge in [-0.2, -0.15) is 9.97 Å². The molecular formula is C39H42F3N5O3. The SMILES string of the molecule is C#Cc1c(F)ccc2cc(O)cc(-c3ncc4c(N5CCCOCC5)nc(OC[C@]56CCC[C@H]5N(CC5[C@@H](C)C5(C)F)CCC6)nc4c3F)c12. The topological polar surface area (TPSA) is 83.8 Å². The molecule has 11 heteroatoms. The van der Waals surface area contributed by atoms with Crippen molar-refractivity contribution < 1.29 is 27.8 Å². The van der Waals surface area contributed by atoms with Gasteiger partial charge < -0.3 is 19.5 Å². The van der Waals surface area contributed by atoms with E-state index in [-0.39, 0.29) is 62.8 Å². The van der Waals surface area contributed by atoms with E-state index in [1.165, 1.54) is 30.5 Å². The first-order chi connectivity index (χ1) is 24.1. The van der Waals surface area contributed by atoms with E-state index in [0.29, 0.717) is 49.5 Å². The largest absolute Gasteiger partial charge is 0.508 e. The van der Waals surface area contributed by atoms with Crippen molar-refractivity contribution in [2.45, 2.75) is 64.1 Å². The van der Waals surface area contributed by atoms with E-state index < -0.39 is 17.3 Å². The maximum absolute atomic E-state index is 16.9. The van der Waals surface area contributed by atoms with Crippen LogP contribution >= 0.6 is 0 Å². The Hall–Kier alpha value is -4.14. The maximum atomic E-state index is 16.9. The first-order valence-electron chi connectivity index (χ1n) is 17.8. The number of piperidine rings is 1. The van der Waals surface area contributed by atoms with E-state index in [0.717, 1.165) is 51.6 Å². The number of pyridine rings is 1. The van der Waals surface area contributed by atoms with Crippen LogP contribution in [0.5, 0.6) is 11.8 Å². The molecule has 4 aliphatic rings. The summed E-state index contributed by atoms with van der Waals surface area (Å²) in [6.45, 7) is 8.09. The highest BCUT2D eigenvalue weighted by Crippen LogP contribution is 2.55. The van der Waals surface area contributed by atoms with Gasteiger partial charge in [0.05, 0.1) is 24.2 Å². The number of phenols is 1. The van der Waals surface area contributed by atoms with E-state index in [2.05, 4.69) is 20.8 Å². The molecule has 0 spiro atoms. The van der Waals surface area contributed by atoms with Gasteiger partial charge in [-0.3, -0.25) is 9.88 Å². The summed E-state index contributed by atoms with van der Waals surface area (Å²) < 4.78 is 59.0. The predicted octanol–water partition coefficient (Wildman–Crippen LogP) is 7.04.